The number of carbonyl (C=O) groups excluding carboxylic acids is 1. The van der Waals surface area contributed by atoms with Crippen molar-refractivity contribution >= 4 is 33.4 Å². The molecule has 21 heavy (non-hydrogen) atoms. The van der Waals surface area contributed by atoms with Crippen molar-refractivity contribution in [2.75, 3.05) is 0 Å². The molecule has 2 N–H and O–H groups in total. The van der Waals surface area contributed by atoms with E-state index >= 15 is 0 Å². The molecular weight excluding hydrogens is 354 g/mol. The highest BCUT2D eigenvalue weighted by molar-refractivity contribution is 9.10. The van der Waals surface area contributed by atoms with Crippen molar-refractivity contribution in [3.8, 4) is 0 Å². The van der Waals surface area contributed by atoms with Crippen LogP contribution < -0.4 is 5.32 Å². The van der Waals surface area contributed by atoms with Gasteiger partial charge >= 0.3 is 0 Å². The van der Waals surface area contributed by atoms with Crippen LogP contribution in [-0.4, -0.2) is 17.1 Å². The van der Waals surface area contributed by atoms with E-state index in [1.54, 1.807) is 25.1 Å². The Morgan fingerprint density at radius 3 is 2.57 bits per heavy atom. The van der Waals surface area contributed by atoms with Gasteiger partial charge in [0.1, 0.15) is 0 Å². The Morgan fingerprint density at radius 1 is 1.24 bits per heavy atom. The van der Waals surface area contributed by atoms with Gasteiger partial charge in [-0.3, -0.25) is 4.79 Å². The maximum atomic E-state index is 12.2. The van der Waals surface area contributed by atoms with Gasteiger partial charge in [0.2, 0.25) is 0 Å². The van der Waals surface area contributed by atoms with E-state index in [-0.39, 0.29) is 5.91 Å². The third-order valence-electron chi connectivity index (χ3n) is 3.15. The third-order valence-corrected chi connectivity index (χ3v) is 3.97. The second-order valence-corrected chi connectivity index (χ2v) is 6.06. The maximum Gasteiger partial charge on any atom is 0.253 e. The van der Waals surface area contributed by atoms with Crippen molar-refractivity contribution in [1.82, 2.24) is 5.32 Å². The topological polar surface area (TPSA) is 49.3 Å². The number of halogens is 2. The molecule has 3 nitrogen and oxygen atoms in total. The normalized spacial score (nSPS) is 13.5. The van der Waals surface area contributed by atoms with Crippen molar-refractivity contribution in [1.29, 1.82) is 0 Å². The Hall–Kier alpha value is -1.36. The molecule has 1 amide bonds. The number of nitrogens with one attached hydrogen (secondary N) is 1. The number of carbonyl (C=O) groups is 1. The van der Waals surface area contributed by atoms with Gasteiger partial charge in [-0.2, -0.15) is 0 Å². The molecule has 5 heteroatoms. The predicted molar refractivity (Wildman–Crippen MR) is 87.5 cm³/mol. The molecule has 0 aliphatic rings. The first-order valence-corrected chi connectivity index (χ1v) is 7.65. The molecule has 110 valence electrons. The Morgan fingerprint density at radius 2 is 1.90 bits per heavy atom. The van der Waals surface area contributed by atoms with Gasteiger partial charge in [-0.15, -0.1) is 0 Å². The van der Waals surface area contributed by atoms with Crippen molar-refractivity contribution in [3.05, 3.63) is 69.2 Å². The van der Waals surface area contributed by atoms with Crippen molar-refractivity contribution in [2.45, 2.75) is 19.1 Å². The molecule has 2 aromatic rings. The zero-order chi connectivity index (χ0) is 15.4. The molecule has 0 bridgehead atoms. The summed E-state index contributed by atoms with van der Waals surface area (Å²) in [6.45, 7) is 1.75. The molecule has 0 aliphatic carbocycles. The molecule has 0 heterocycles. The van der Waals surface area contributed by atoms with Crippen molar-refractivity contribution < 1.29 is 9.90 Å². The van der Waals surface area contributed by atoms with Gasteiger partial charge in [0.25, 0.3) is 5.91 Å². The van der Waals surface area contributed by atoms with Crippen LogP contribution in [0.15, 0.2) is 53.0 Å². The summed E-state index contributed by atoms with van der Waals surface area (Å²) in [5, 5.41) is 13.4. The van der Waals surface area contributed by atoms with Crippen LogP contribution in [0.5, 0.6) is 0 Å². The molecule has 2 unspecified atom stereocenters. The van der Waals surface area contributed by atoms with Crippen LogP contribution in [0.2, 0.25) is 5.02 Å². The standard InChI is InChI=1S/C16H15BrClNO2/c1-10(15(20)11-5-3-2-4-6-11)19-16(21)13-9-12(17)7-8-14(13)18/h2-10,15,20H,1H3,(H,19,21). The zero-order valence-electron chi connectivity index (χ0n) is 11.4. The first kappa shape index (κ1) is 16.0. The monoisotopic (exact) mass is 367 g/mol. The number of amides is 1. The number of aliphatic hydroxyl groups excluding tert-OH is 1. The summed E-state index contributed by atoms with van der Waals surface area (Å²) in [4.78, 5) is 12.2. The Balaban J connectivity index is 2.10. The second kappa shape index (κ2) is 7.07. The Labute approximate surface area is 137 Å². The van der Waals surface area contributed by atoms with E-state index < -0.39 is 12.1 Å². The van der Waals surface area contributed by atoms with Crippen LogP contribution >= 0.6 is 27.5 Å². The van der Waals surface area contributed by atoms with E-state index in [2.05, 4.69) is 21.2 Å². The van der Waals surface area contributed by atoms with Crippen LogP contribution in [0.3, 0.4) is 0 Å². The fraction of sp³-hybridized carbons (Fsp3) is 0.188. The average molecular weight is 369 g/mol. The zero-order valence-corrected chi connectivity index (χ0v) is 13.7. The lowest BCUT2D eigenvalue weighted by atomic mass is 10.0. The van der Waals surface area contributed by atoms with Crippen LogP contribution in [0.25, 0.3) is 0 Å². The van der Waals surface area contributed by atoms with Gasteiger partial charge < -0.3 is 10.4 Å². The average Bonchev–Trinajstić information content (AvgIpc) is 2.49. The molecule has 0 saturated carbocycles. The van der Waals surface area contributed by atoms with Gasteiger partial charge in [-0.05, 0) is 30.7 Å². The summed E-state index contributed by atoms with van der Waals surface area (Å²) < 4.78 is 0.772. The van der Waals surface area contributed by atoms with E-state index in [1.807, 2.05) is 30.3 Å². The first-order valence-electron chi connectivity index (χ1n) is 6.48. The molecule has 0 aliphatic heterocycles. The highest BCUT2D eigenvalue weighted by Gasteiger charge is 2.20. The predicted octanol–water partition coefficient (Wildman–Crippen LogP) is 3.95. The molecule has 2 aromatic carbocycles. The molecule has 0 aromatic heterocycles. The Kier molecular flexibility index (Phi) is 5.39. The summed E-state index contributed by atoms with van der Waals surface area (Å²) in [6.07, 6.45) is -0.777. The Bertz CT molecular complexity index is 633. The molecule has 0 spiro atoms. The van der Waals surface area contributed by atoms with Gasteiger partial charge in [-0.1, -0.05) is 57.9 Å². The molecule has 2 atom stereocenters. The van der Waals surface area contributed by atoms with Crippen LogP contribution in [0.1, 0.15) is 28.9 Å². The highest BCUT2D eigenvalue weighted by atomic mass is 79.9. The number of benzene rings is 2. The number of aliphatic hydroxyl groups is 1. The lowest BCUT2D eigenvalue weighted by Gasteiger charge is -2.21. The van der Waals surface area contributed by atoms with E-state index in [1.165, 1.54) is 0 Å². The summed E-state index contributed by atoms with van der Waals surface area (Å²) in [6, 6.07) is 13.8. The van der Waals surface area contributed by atoms with E-state index in [9.17, 15) is 9.90 Å². The minimum Gasteiger partial charge on any atom is -0.386 e. The quantitative estimate of drug-likeness (QED) is 0.858. The van der Waals surface area contributed by atoms with Crippen LogP contribution in [-0.2, 0) is 0 Å². The second-order valence-electron chi connectivity index (χ2n) is 4.74. The smallest absolute Gasteiger partial charge is 0.253 e. The van der Waals surface area contributed by atoms with Gasteiger partial charge in [0, 0.05) is 4.47 Å². The summed E-state index contributed by atoms with van der Waals surface area (Å²) >= 11 is 9.34. The van der Waals surface area contributed by atoms with Crippen LogP contribution in [0.4, 0.5) is 0 Å². The molecule has 0 fully saturated rings. The number of hydrogen-bond acceptors (Lipinski definition) is 2. The SMILES string of the molecule is CC(NC(=O)c1cc(Br)ccc1Cl)C(O)c1ccccc1. The van der Waals surface area contributed by atoms with Crippen molar-refractivity contribution in [2.24, 2.45) is 0 Å². The molecular formula is C16H15BrClNO2. The number of rotatable bonds is 4. The van der Waals surface area contributed by atoms with E-state index in [0.717, 1.165) is 10.0 Å². The highest BCUT2D eigenvalue weighted by Crippen LogP contribution is 2.22. The van der Waals surface area contributed by atoms with Gasteiger partial charge in [0.05, 0.1) is 22.7 Å². The first-order chi connectivity index (χ1) is 9.99. The lowest BCUT2D eigenvalue weighted by molar-refractivity contribution is 0.0852. The van der Waals surface area contributed by atoms with Gasteiger partial charge in [0.15, 0.2) is 0 Å². The van der Waals surface area contributed by atoms with Gasteiger partial charge in [-0.25, -0.2) is 0 Å². The fourth-order valence-corrected chi connectivity index (χ4v) is 2.54. The van der Waals surface area contributed by atoms with Crippen LogP contribution in [0, 0.1) is 0 Å². The third kappa shape index (κ3) is 4.06. The minimum atomic E-state index is -0.777. The minimum absolute atomic E-state index is 0.316. The summed E-state index contributed by atoms with van der Waals surface area (Å²) in [7, 11) is 0. The summed E-state index contributed by atoms with van der Waals surface area (Å²) in [5.41, 5.74) is 1.13. The maximum absolute atomic E-state index is 12.2. The lowest BCUT2D eigenvalue weighted by Crippen LogP contribution is -2.37. The summed E-state index contributed by atoms with van der Waals surface area (Å²) in [5.74, 6) is -0.316. The van der Waals surface area contributed by atoms with Crippen molar-refractivity contribution in [3.63, 3.8) is 0 Å². The van der Waals surface area contributed by atoms with E-state index in [4.69, 9.17) is 11.6 Å². The molecule has 2 rings (SSSR count). The van der Waals surface area contributed by atoms with E-state index in [0.29, 0.717) is 10.6 Å². The molecule has 0 saturated heterocycles. The number of hydrogen-bond donors (Lipinski definition) is 2. The fourth-order valence-electron chi connectivity index (χ4n) is 1.97. The largest absolute Gasteiger partial charge is 0.386 e. The molecule has 0 radical (unpaired) electrons.